The summed E-state index contributed by atoms with van der Waals surface area (Å²) in [4.78, 5) is 12.4. The van der Waals surface area contributed by atoms with Gasteiger partial charge in [0, 0.05) is 12.2 Å². The van der Waals surface area contributed by atoms with Gasteiger partial charge in [0.15, 0.2) is 15.6 Å². The molecule has 2 rings (SSSR count). The topological polar surface area (TPSA) is 60.4 Å². The number of hydrogen-bond donors (Lipinski definition) is 0. The summed E-state index contributed by atoms with van der Waals surface area (Å²) in [6.45, 7) is 7.94. The molecule has 0 N–H and O–H groups in total. The van der Waals surface area contributed by atoms with Crippen molar-refractivity contribution < 1.29 is 17.9 Å². The molecule has 1 fully saturated rings. The van der Waals surface area contributed by atoms with Crippen molar-refractivity contribution in [2.75, 3.05) is 12.4 Å². The number of rotatable bonds is 4. The minimum Gasteiger partial charge on any atom is -0.377 e. The molecule has 0 spiro atoms. The molecule has 0 aromatic heterocycles. The monoisotopic (exact) mass is 310 g/mol. The van der Waals surface area contributed by atoms with E-state index in [1.165, 1.54) is 0 Å². The zero-order chi connectivity index (χ0) is 15.8. The highest BCUT2D eigenvalue weighted by atomic mass is 32.2. The van der Waals surface area contributed by atoms with Gasteiger partial charge >= 0.3 is 0 Å². The fraction of sp³-hybridized carbons (Fsp3) is 0.562. The van der Waals surface area contributed by atoms with Crippen molar-refractivity contribution in [3.8, 4) is 0 Å². The van der Waals surface area contributed by atoms with Gasteiger partial charge in [0.05, 0.1) is 11.4 Å². The maximum absolute atomic E-state index is 12.4. The number of ketones is 1. The number of carbonyl (C=O) groups excluding carboxylic acids is 1. The third kappa shape index (κ3) is 3.35. The Balaban J connectivity index is 2.24. The first-order valence-electron chi connectivity index (χ1n) is 7.16. The SMILES string of the molecule is Cc1cc(C)c(C(=O)CS(=O)(=O)C2CCOC2C)cc1C. The molecule has 21 heavy (non-hydrogen) atoms. The van der Waals surface area contributed by atoms with Crippen molar-refractivity contribution in [3.05, 3.63) is 34.4 Å². The number of hydrogen-bond acceptors (Lipinski definition) is 4. The number of ether oxygens (including phenoxy) is 1. The highest BCUT2D eigenvalue weighted by Crippen LogP contribution is 2.23. The van der Waals surface area contributed by atoms with E-state index in [-0.39, 0.29) is 11.9 Å². The van der Waals surface area contributed by atoms with Crippen LogP contribution in [-0.4, -0.2) is 37.9 Å². The average Bonchev–Trinajstić information content (AvgIpc) is 2.80. The number of benzene rings is 1. The smallest absolute Gasteiger partial charge is 0.178 e. The maximum Gasteiger partial charge on any atom is 0.178 e. The number of sulfone groups is 1. The zero-order valence-corrected chi connectivity index (χ0v) is 13.8. The first-order valence-corrected chi connectivity index (χ1v) is 8.88. The van der Waals surface area contributed by atoms with Crippen LogP contribution in [0.25, 0.3) is 0 Å². The summed E-state index contributed by atoms with van der Waals surface area (Å²) in [6.07, 6.45) is 0.145. The molecule has 0 aliphatic carbocycles. The van der Waals surface area contributed by atoms with Crippen LogP contribution in [0.5, 0.6) is 0 Å². The molecule has 1 aliphatic rings. The predicted molar refractivity (Wildman–Crippen MR) is 82.6 cm³/mol. The van der Waals surface area contributed by atoms with E-state index in [1.54, 1.807) is 13.0 Å². The molecule has 2 unspecified atom stereocenters. The van der Waals surface area contributed by atoms with Gasteiger partial charge in [-0.2, -0.15) is 0 Å². The Labute approximate surface area is 126 Å². The Morgan fingerprint density at radius 3 is 2.38 bits per heavy atom. The summed E-state index contributed by atoms with van der Waals surface area (Å²) < 4.78 is 30.1. The Morgan fingerprint density at radius 2 is 1.81 bits per heavy atom. The fourth-order valence-electron chi connectivity index (χ4n) is 2.81. The fourth-order valence-corrected chi connectivity index (χ4v) is 4.67. The molecular formula is C16H22O4S. The van der Waals surface area contributed by atoms with Gasteiger partial charge in [-0.25, -0.2) is 8.42 Å². The molecule has 116 valence electrons. The first kappa shape index (κ1) is 16.2. The van der Waals surface area contributed by atoms with Crippen molar-refractivity contribution in [1.82, 2.24) is 0 Å². The van der Waals surface area contributed by atoms with Crippen LogP contribution in [0.3, 0.4) is 0 Å². The quantitative estimate of drug-likeness (QED) is 0.801. The van der Waals surface area contributed by atoms with Crippen LogP contribution in [0.15, 0.2) is 12.1 Å². The molecule has 5 heteroatoms. The van der Waals surface area contributed by atoms with Crippen LogP contribution in [-0.2, 0) is 14.6 Å². The second-order valence-electron chi connectivity index (χ2n) is 5.88. The summed E-state index contributed by atoms with van der Waals surface area (Å²) >= 11 is 0. The molecule has 1 heterocycles. The van der Waals surface area contributed by atoms with Crippen molar-refractivity contribution in [3.63, 3.8) is 0 Å². The largest absolute Gasteiger partial charge is 0.377 e. The van der Waals surface area contributed by atoms with E-state index in [4.69, 9.17) is 4.74 Å². The lowest BCUT2D eigenvalue weighted by molar-refractivity contribution is 0.101. The molecule has 0 bridgehead atoms. The van der Waals surface area contributed by atoms with E-state index < -0.39 is 20.8 Å². The third-order valence-electron chi connectivity index (χ3n) is 4.24. The van der Waals surface area contributed by atoms with Gasteiger partial charge < -0.3 is 4.74 Å². The Kier molecular flexibility index (Phi) is 4.54. The molecule has 2 atom stereocenters. The summed E-state index contributed by atoms with van der Waals surface area (Å²) in [6, 6.07) is 3.72. The lowest BCUT2D eigenvalue weighted by Crippen LogP contribution is -2.33. The van der Waals surface area contributed by atoms with Gasteiger partial charge in [-0.05, 0) is 56.9 Å². The Bertz CT molecular complexity index is 661. The normalized spacial score (nSPS) is 22.5. The lowest BCUT2D eigenvalue weighted by Gasteiger charge is -2.15. The molecule has 1 aromatic rings. The van der Waals surface area contributed by atoms with E-state index in [9.17, 15) is 13.2 Å². The van der Waals surface area contributed by atoms with Gasteiger partial charge in [0.1, 0.15) is 5.75 Å². The van der Waals surface area contributed by atoms with Gasteiger partial charge in [0.2, 0.25) is 0 Å². The van der Waals surface area contributed by atoms with Crippen LogP contribution in [0.1, 0.15) is 40.4 Å². The average molecular weight is 310 g/mol. The van der Waals surface area contributed by atoms with Crippen molar-refractivity contribution in [2.24, 2.45) is 0 Å². The Hall–Kier alpha value is -1.20. The van der Waals surface area contributed by atoms with Gasteiger partial charge in [-0.1, -0.05) is 6.07 Å². The van der Waals surface area contributed by atoms with E-state index in [0.29, 0.717) is 18.6 Å². The van der Waals surface area contributed by atoms with E-state index in [1.807, 2.05) is 26.8 Å². The zero-order valence-electron chi connectivity index (χ0n) is 13.0. The molecular weight excluding hydrogens is 288 g/mol. The number of Topliss-reactive ketones (excluding diaryl/α,β-unsaturated/α-hetero) is 1. The first-order chi connectivity index (χ1) is 9.72. The third-order valence-corrected chi connectivity index (χ3v) is 6.45. The summed E-state index contributed by atoms with van der Waals surface area (Å²) in [5.41, 5.74) is 3.44. The van der Waals surface area contributed by atoms with E-state index in [2.05, 4.69) is 0 Å². The van der Waals surface area contributed by atoms with E-state index >= 15 is 0 Å². The van der Waals surface area contributed by atoms with Crippen LogP contribution >= 0.6 is 0 Å². The standard InChI is InChI=1S/C16H22O4S/c1-10-7-12(3)14(8-11(10)2)15(17)9-21(18,19)16-5-6-20-13(16)4/h7-8,13,16H,5-6,9H2,1-4H3. The van der Waals surface area contributed by atoms with Crippen molar-refractivity contribution >= 4 is 15.6 Å². The summed E-state index contributed by atoms with van der Waals surface area (Å²) in [7, 11) is -3.47. The Morgan fingerprint density at radius 1 is 1.19 bits per heavy atom. The van der Waals surface area contributed by atoms with Gasteiger partial charge in [-0.3, -0.25) is 4.79 Å². The molecule has 0 radical (unpaired) electrons. The van der Waals surface area contributed by atoms with Crippen molar-refractivity contribution in [2.45, 2.75) is 45.5 Å². The predicted octanol–water partition coefficient (Wildman–Crippen LogP) is 2.39. The van der Waals surface area contributed by atoms with Gasteiger partial charge in [0.25, 0.3) is 0 Å². The molecule has 0 amide bonds. The molecule has 0 saturated carbocycles. The van der Waals surface area contributed by atoms with E-state index in [0.717, 1.165) is 16.7 Å². The minimum absolute atomic E-state index is 0.324. The van der Waals surface area contributed by atoms with Gasteiger partial charge in [-0.15, -0.1) is 0 Å². The number of aryl methyl sites for hydroxylation is 3. The van der Waals surface area contributed by atoms with Crippen LogP contribution < -0.4 is 0 Å². The van der Waals surface area contributed by atoms with Crippen LogP contribution in [0.2, 0.25) is 0 Å². The van der Waals surface area contributed by atoms with Crippen molar-refractivity contribution in [1.29, 1.82) is 0 Å². The highest BCUT2D eigenvalue weighted by Gasteiger charge is 2.37. The highest BCUT2D eigenvalue weighted by molar-refractivity contribution is 7.92. The lowest BCUT2D eigenvalue weighted by atomic mass is 9.99. The molecule has 1 aromatic carbocycles. The number of carbonyl (C=O) groups is 1. The second kappa shape index (κ2) is 5.89. The van der Waals surface area contributed by atoms with Crippen LogP contribution in [0, 0.1) is 20.8 Å². The second-order valence-corrected chi connectivity index (χ2v) is 8.10. The summed E-state index contributed by atoms with van der Waals surface area (Å²) in [5.74, 6) is -0.760. The molecule has 1 aliphatic heterocycles. The summed E-state index contributed by atoms with van der Waals surface area (Å²) in [5, 5.41) is -0.562. The molecule has 1 saturated heterocycles. The van der Waals surface area contributed by atoms with Crippen LogP contribution in [0.4, 0.5) is 0 Å². The maximum atomic E-state index is 12.4. The molecule has 4 nitrogen and oxygen atoms in total. The minimum atomic E-state index is -3.47.